The third kappa shape index (κ3) is 2.16. The summed E-state index contributed by atoms with van der Waals surface area (Å²) in [6, 6.07) is 7.76. The second kappa shape index (κ2) is 4.87. The van der Waals surface area contributed by atoms with Crippen LogP contribution in [0.5, 0.6) is 0 Å². The first kappa shape index (κ1) is 13.6. The van der Waals surface area contributed by atoms with Crippen LogP contribution in [-0.4, -0.2) is 20.6 Å². The van der Waals surface area contributed by atoms with Gasteiger partial charge in [0.2, 0.25) is 0 Å². The molecule has 0 saturated carbocycles. The van der Waals surface area contributed by atoms with Crippen LogP contribution in [0.1, 0.15) is 9.67 Å². The van der Waals surface area contributed by atoms with E-state index >= 15 is 0 Å². The maximum atomic E-state index is 12.4. The summed E-state index contributed by atoms with van der Waals surface area (Å²) in [5.41, 5.74) is -0.744. The Balaban J connectivity index is 2.38. The van der Waals surface area contributed by atoms with Crippen LogP contribution in [0.4, 0.5) is 0 Å². The van der Waals surface area contributed by atoms with Crippen LogP contribution in [0.3, 0.4) is 0 Å². The van der Waals surface area contributed by atoms with E-state index in [-0.39, 0.29) is 14.9 Å². The summed E-state index contributed by atoms with van der Waals surface area (Å²) >= 11 is 6.75. The van der Waals surface area contributed by atoms with Crippen molar-refractivity contribution in [3.05, 3.63) is 60.4 Å². The third-order valence-corrected chi connectivity index (χ3v) is 4.25. The molecule has 3 aromatic rings. The van der Waals surface area contributed by atoms with Gasteiger partial charge in [-0.05, 0) is 18.2 Å². The summed E-state index contributed by atoms with van der Waals surface area (Å²) < 4.78 is 0.906. The zero-order valence-electron chi connectivity index (χ0n) is 10.3. The normalized spacial score (nSPS) is 10.9. The number of rotatable bonds is 2. The highest BCUT2D eigenvalue weighted by Crippen LogP contribution is 2.29. The number of para-hydroxylation sites is 1. The fraction of sp³-hybridized carbons (Fsp3) is 0. The Labute approximate surface area is 125 Å². The van der Waals surface area contributed by atoms with E-state index in [9.17, 15) is 14.4 Å². The van der Waals surface area contributed by atoms with Gasteiger partial charge in [0.15, 0.2) is 0 Å². The summed E-state index contributed by atoms with van der Waals surface area (Å²) in [6.07, 6.45) is 0. The van der Waals surface area contributed by atoms with E-state index in [1.54, 1.807) is 24.3 Å². The third-order valence-electron chi connectivity index (χ3n) is 2.93. The first-order chi connectivity index (χ1) is 9.99. The van der Waals surface area contributed by atoms with Crippen molar-refractivity contribution in [3.63, 3.8) is 0 Å². The topological polar surface area (TPSA) is 92.2 Å². The molecule has 21 heavy (non-hydrogen) atoms. The first-order valence-corrected chi connectivity index (χ1v) is 6.95. The van der Waals surface area contributed by atoms with E-state index < -0.39 is 17.2 Å². The van der Waals surface area contributed by atoms with Crippen LogP contribution in [-0.2, 0) is 0 Å². The van der Waals surface area contributed by atoms with Crippen molar-refractivity contribution >= 4 is 39.8 Å². The smallest absolute Gasteiger partial charge is 0.345 e. The average molecular weight is 323 g/mol. The molecule has 2 N–H and O–H groups in total. The van der Waals surface area contributed by atoms with Crippen LogP contribution in [0.15, 0.2) is 39.9 Å². The number of thiophene rings is 1. The van der Waals surface area contributed by atoms with Gasteiger partial charge < -0.3 is 10.1 Å². The molecule has 2 heterocycles. The molecule has 0 unspecified atom stereocenters. The lowest BCUT2D eigenvalue weighted by molar-refractivity contribution is 0.0702. The van der Waals surface area contributed by atoms with Gasteiger partial charge in [0.25, 0.3) is 5.56 Å². The van der Waals surface area contributed by atoms with E-state index in [0.717, 1.165) is 15.9 Å². The highest BCUT2D eigenvalue weighted by atomic mass is 35.5. The number of carboxylic acids is 1. The molecule has 0 spiro atoms. The molecule has 6 nitrogen and oxygen atoms in total. The van der Waals surface area contributed by atoms with Gasteiger partial charge >= 0.3 is 11.7 Å². The van der Waals surface area contributed by atoms with E-state index in [2.05, 4.69) is 4.98 Å². The molecular formula is C13H7ClN2O4S. The lowest BCUT2D eigenvalue weighted by Gasteiger charge is -2.04. The van der Waals surface area contributed by atoms with Crippen LogP contribution < -0.4 is 11.2 Å². The highest BCUT2D eigenvalue weighted by molar-refractivity contribution is 7.18. The largest absolute Gasteiger partial charge is 0.477 e. The molecule has 0 aliphatic carbocycles. The number of carboxylic acid groups (broad SMARTS) is 1. The van der Waals surface area contributed by atoms with Gasteiger partial charge in [0.1, 0.15) is 9.21 Å². The Kier molecular flexibility index (Phi) is 3.15. The Bertz CT molecular complexity index is 986. The molecule has 0 fully saturated rings. The lowest BCUT2D eigenvalue weighted by atomic mass is 10.2. The van der Waals surface area contributed by atoms with Crippen LogP contribution in [0, 0.1) is 0 Å². The maximum absolute atomic E-state index is 12.4. The molecule has 2 aromatic heterocycles. The number of hydrogen-bond acceptors (Lipinski definition) is 4. The predicted octanol–water partition coefficient (Wildman–Crippen LogP) is 2.09. The fourth-order valence-corrected chi connectivity index (χ4v) is 3.09. The molecule has 1 aromatic carbocycles. The van der Waals surface area contributed by atoms with Crippen molar-refractivity contribution in [1.82, 2.24) is 9.55 Å². The molecule has 0 aliphatic heterocycles. The quantitative estimate of drug-likeness (QED) is 0.755. The number of fused-ring (bicyclic) bond motifs is 1. The number of hydrogen-bond donors (Lipinski definition) is 2. The predicted molar refractivity (Wildman–Crippen MR) is 80.0 cm³/mol. The van der Waals surface area contributed by atoms with Gasteiger partial charge in [-0.3, -0.25) is 4.79 Å². The number of H-pyrrole nitrogens is 1. The molecule has 0 bridgehead atoms. The molecule has 106 valence electrons. The molecule has 0 radical (unpaired) electrons. The molecule has 3 rings (SSSR count). The number of aromatic carboxylic acids is 1. The minimum absolute atomic E-state index is 0.0468. The fourth-order valence-electron chi connectivity index (χ4n) is 2.00. The Morgan fingerprint density at radius 2 is 2.00 bits per heavy atom. The van der Waals surface area contributed by atoms with Gasteiger partial charge in [0, 0.05) is 0 Å². The SMILES string of the molecule is O=C(O)c1cc(-n2c(=O)[nH]c3ccccc3c2=O)c(Cl)s1. The van der Waals surface area contributed by atoms with Gasteiger partial charge in [-0.2, -0.15) is 0 Å². The van der Waals surface area contributed by atoms with E-state index in [1.807, 2.05) is 0 Å². The van der Waals surface area contributed by atoms with Crippen LogP contribution in [0.2, 0.25) is 4.34 Å². The van der Waals surface area contributed by atoms with Crippen molar-refractivity contribution in [3.8, 4) is 5.69 Å². The van der Waals surface area contributed by atoms with E-state index in [1.165, 1.54) is 6.07 Å². The monoisotopic (exact) mass is 322 g/mol. The lowest BCUT2D eigenvalue weighted by Crippen LogP contribution is -2.33. The number of nitrogens with zero attached hydrogens (tertiary/aromatic N) is 1. The minimum Gasteiger partial charge on any atom is -0.477 e. The van der Waals surface area contributed by atoms with Gasteiger partial charge in [-0.15, -0.1) is 11.3 Å². The number of carbonyl (C=O) groups is 1. The Morgan fingerprint density at radius 1 is 1.29 bits per heavy atom. The standard InChI is InChI=1S/C13H7ClN2O4S/c14-10-8(5-9(21-10)12(18)19)16-11(17)6-3-1-2-4-7(6)15-13(16)20/h1-5H,(H,15,20)(H,18,19). The van der Waals surface area contributed by atoms with Crippen molar-refractivity contribution in [1.29, 1.82) is 0 Å². The molecule has 0 atom stereocenters. The highest BCUT2D eigenvalue weighted by Gasteiger charge is 2.17. The van der Waals surface area contributed by atoms with E-state index in [4.69, 9.17) is 16.7 Å². The minimum atomic E-state index is -1.17. The second-order valence-corrected chi connectivity index (χ2v) is 5.85. The van der Waals surface area contributed by atoms with Crippen molar-refractivity contribution in [2.45, 2.75) is 0 Å². The molecule has 0 aliphatic rings. The van der Waals surface area contributed by atoms with Gasteiger partial charge in [-0.25, -0.2) is 14.2 Å². The Hall–Kier alpha value is -2.38. The number of aromatic amines is 1. The van der Waals surface area contributed by atoms with Crippen molar-refractivity contribution in [2.24, 2.45) is 0 Å². The summed E-state index contributed by atoms with van der Waals surface area (Å²) in [6.45, 7) is 0. The number of benzene rings is 1. The number of aromatic nitrogens is 2. The van der Waals surface area contributed by atoms with Crippen molar-refractivity contribution in [2.75, 3.05) is 0 Å². The number of nitrogens with one attached hydrogen (secondary N) is 1. The molecule has 0 saturated heterocycles. The summed E-state index contributed by atoms with van der Waals surface area (Å²) in [5.74, 6) is -1.17. The summed E-state index contributed by atoms with van der Waals surface area (Å²) in [5, 5.41) is 9.27. The summed E-state index contributed by atoms with van der Waals surface area (Å²) in [4.78, 5) is 38.0. The average Bonchev–Trinajstić information content (AvgIpc) is 2.81. The summed E-state index contributed by atoms with van der Waals surface area (Å²) in [7, 11) is 0. The zero-order valence-corrected chi connectivity index (χ0v) is 11.9. The maximum Gasteiger partial charge on any atom is 0.345 e. The zero-order chi connectivity index (χ0) is 15.1. The van der Waals surface area contributed by atoms with Gasteiger partial charge in [-0.1, -0.05) is 23.7 Å². The van der Waals surface area contributed by atoms with E-state index in [0.29, 0.717) is 10.9 Å². The molecular weight excluding hydrogens is 316 g/mol. The second-order valence-electron chi connectivity index (χ2n) is 4.19. The van der Waals surface area contributed by atoms with Gasteiger partial charge in [0.05, 0.1) is 16.6 Å². The number of halogens is 1. The Morgan fingerprint density at radius 3 is 2.67 bits per heavy atom. The molecule has 8 heteroatoms. The first-order valence-electron chi connectivity index (χ1n) is 5.76. The van der Waals surface area contributed by atoms with Crippen LogP contribution in [0.25, 0.3) is 16.6 Å². The van der Waals surface area contributed by atoms with Crippen LogP contribution >= 0.6 is 22.9 Å². The van der Waals surface area contributed by atoms with Crippen molar-refractivity contribution < 1.29 is 9.90 Å². The molecule has 0 amide bonds.